The van der Waals surface area contributed by atoms with Crippen LogP contribution in [0.25, 0.3) is 0 Å². The van der Waals surface area contributed by atoms with E-state index in [1.54, 1.807) is 18.2 Å². The normalized spacial score (nSPS) is 22.1. The standard InChI is InChI=1S/C52H54Cl2F2N4O10S/c53-43-27-59(64)28-44(54)42(43)26-41(36-13-16-46(69-51(55)56)47(25-36)68-31-32-9-10-32)45-24-38(50(61)62)19-22-60(45)71(65,66)40-14-11-33(12-15-40)30-67-39-8-4-7-37(23-39)49(35-5-2-1-3-6-35)57-52(63)70-48-29-58-20-17-34(48)18-21-58/h1-8,11-16,23,25,27-28,32,34,38,41,45,48-49,51H,9-10,17-22,24,26,29-31H2,(H,57,63)(H,61,62)/t38?,41-,45?,48-,49-/m0/s1. The molecule has 0 spiro atoms. The third-order valence-corrected chi connectivity index (χ3v) is 16.6. The number of amides is 1. The summed E-state index contributed by atoms with van der Waals surface area (Å²) in [6.07, 6.45) is 5.25. The first-order valence-electron chi connectivity index (χ1n) is 23.8. The summed E-state index contributed by atoms with van der Waals surface area (Å²) in [6.45, 7) is -0.203. The Morgan fingerprint density at radius 3 is 2.21 bits per heavy atom. The molecule has 5 atom stereocenters. The molecule has 376 valence electrons. The van der Waals surface area contributed by atoms with Crippen molar-refractivity contribution in [1.82, 2.24) is 14.5 Å². The number of carbonyl (C=O) groups excluding carboxylic acids is 1. The smallest absolute Gasteiger partial charge is 0.408 e. The van der Waals surface area contributed by atoms with E-state index in [9.17, 15) is 37.1 Å². The van der Waals surface area contributed by atoms with Gasteiger partial charge in [-0.2, -0.15) is 17.8 Å². The molecule has 4 saturated heterocycles. The predicted octanol–water partition coefficient (Wildman–Crippen LogP) is 9.39. The van der Waals surface area contributed by atoms with Gasteiger partial charge in [-0.15, -0.1) is 0 Å². The van der Waals surface area contributed by atoms with E-state index in [1.165, 1.54) is 34.6 Å². The molecular weight excluding hydrogens is 982 g/mol. The number of halogens is 4. The van der Waals surface area contributed by atoms with Crippen LogP contribution in [-0.4, -0.2) is 86.3 Å². The maximum Gasteiger partial charge on any atom is 0.408 e. The number of alkyl halides is 2. The maximum absolute atomic E-state index is 14.9. The summed E-state index contributed by atoms with van der Waals surface area (Å²) in [7, 11) is -4.35. The van der Waals surface area contributed by atoms with Gasteiger partial charge in [-0.1, -0.05) is 83.9 Å². The van der Waals surface area contributed by atoms with Crippen molar-refractivity contribution >= 4 is 45.3 Å². The first-order chi connectivity index (χ1) is 34.2. The van der Waals surface area contributed by atoms with Crippen molar-refractivity contribution in [2.75, 3.05) is 32.8 Å². The van der Waals surface area contributed by atoms with Crippen molar-refractivity contribution in [3.63, 3.8) is 0 Å². The van der Waals surface area contributed by atoms with E-state index in [0.717, 1.165) is 68.8 Å². The first-order valence-corrected chi connectivity index (χ1v) is 26.0. The molecule has 5 aromatic rings. The molecule has 1 amide bonds. The molecule has 5 heterocycles. The number of piperidine rings is 4. The van der Waals surface area contributed by atoms with Gasteiger partial charge in [-0.25, -0.2) is 13.2 Å². The topological polar surface area (TPSA) is 171 Å². The number of sulfonamides is 1. The van der Waals surface area contributed by atoms with Crippen molar-refractivity contribution < 1.29 is 55.6 Å². The second-order valence-corrected chi connectivity index (χ2v) is 21.5. The minimum Gasteiger partial charge on any atom is -0.619 e. The van der Waals surface area contributed by atoms with E-state index in [4.69, 9.17) is 42.1 Å². The van der Waals surface area contributed by atoms with Gasteiger partial charge in [0.05, 0.1) is 23.5 Å². The molecule has 1 saturated carbocycles. The summed E-state index contributed by atoms with van der Waals surface area (Å²) in [5, 5.41) is 25.7. The highest BCUT2D eigenvalue weighted by Gasteiger charge is 2.44. The zero-order valence-corrected chi connectivity index (χ0v) is 40.9. The van der Waals surface area contributed by atoms with Crippen molar-refractivity contribution in [2.24, 2.45) is 17.8 Å². The van der Waals surface area contributed by atoms with E-state index >= 15 is 0 Å². The van der Waals surface area contributed by atoms with Crippen LogP contribution in [0.15, 0.2) is 114 Å². The van der Waals surface area contributed by atoms with Crippen LogP contribution in [0.5, 0.6) is 17.2 Å². The third kappa shape index (κ3) is 12.1. The molecular formula is C52H54Cl2F2N4O10S. The highest BCUT2D eigenvalue weighted by molar-refractivity contribution is 7.89. The monoisotopic (exact) mass is 1030 g/mol. The largest absolute Gasteiger partial charge is 0.619 e. The van der Waals surface area contributed by atoms with Crippen LogP contribution >= 0.6 is 23.2 Å². The first kappa shape index (κ1) is 50.2. The van der Waals surface area contributed by atoms with Crippen LogP contribution < -0.4 is 24.3 Å². The van der Waals surface area contributed by atoms with E-state index in [0.29, 0.717) is 33.1 Å². The molecule has 10 rings (SSSR count). The SMILES string of the molecule is O=C(N[C@@H](c1ccccc1)c1cccc(OCc2ccc(S(=O)(=O)N3CCC(C(=O)O)CC3[C@@H](Cc3c(Cl)c[n+]([O-])cc3Cl)c3ccc(OC(F)F)c(OCC4CC4)c3)cc2)c1)O[C@H]1CN2CCC1CC2. The van der Waals surface area contributed by atoms with Gasteiger partial charge >= 0.3 is 18.7 Å². The third-order valence-electron chi connectivity index (χ3n) is 14.0. The Morgan fingerprint density at radius 2 is 1.55 bits per heavy atom. The van der Waals surface area contributed by atoms with Gasteiger partial charge in [0.1, 0.15) is 28.5 Å². The number of nitrogens with zero attached hydrogens (tertiary/aromatic N) is 3. The number of hydrogen-bond donors (Lipinski definition) is 2. The lowest BCUT2D eigenvalue weighted by Crippen LogP contribution is -2.52. The van der Waals surface area contributed by atoms with Gasteiger partial charge in [0, 0.05) is 30.6 Å². The number of aromatic nitrogens is 1. The van der Waals surface area contributed by atoms with Crippen LogP contribution in [0.4, 0.5) is 13.6 Å². The summed E-state index contributed by atoms with van der Waals surface area (Å²) in [4.78, 5) is 28.3. The predicted molar refractivity (Wildman–Crippen MR) is 259 cm³/mol. The lowest BCUT2D eigenvalue weighted by molar-refractivity contribution is -0.605. The Kier molecular flexibility index (Phi) is 15.5. The second kappa shape index (κ2) is 22.0. The van der Waals surface area contributed by atoms with E-state index in [-0.39, 0.29) is 77.5 Å². The summed E-state index contributed by atoms with van der Waals surface area (Å²) >= 11 is 13.2. The van der Waals surface area contributed by atoms with Crippen LogP contribution in [0.2, 0.25) is 10.0 Å². The highest BCUT2D eigenvalue weighted by atomic mass is 35.5. The number of carbonyl (C=O) groups is 2. The minimum absolute atomic E-state index is 0.00265. The molecule has 19 heteroatoms. The van der Waals surface area contributed by atoms with Gasteiger partial charge in [-0.05, 0) is 129 Å². The Morgan fingerprint density at radius 1 is 0.831 bits per heavy atom. The highest BCUT2D eigenvalue weighted by Crippen LogP contribution is 2.44. The average molecular weight is 1040 g/mol. The quantitative estimate of drug-likeness (QED) is 0.0597. The molecule has 1 aromatic heterocycles. The summed E-state index contributed by atoms with van der Waals surface area (Å²) in [6, 6.07) is 25.9. The number of aliphatic carboxylic acids is 1. The average Bonchev–Trinajstić information content (AvgIpc) is 4.20. The van der Waals surface area contributed by atoms with Crippen molar-refractivity contribution in [3.05, 3.63) is 153 Å². The number of hydrogen-bond acceptors (Lipinski definition) is 10. The minimum atomic E-state index is -4.35. The van der Waals surface area contributed by atoms with Gasteiger partial charge in [0.15, 0.2) is 23.9 Å². The lowest BCUT2D eigenvalue weighted by Gasteiger charge is -2.43. The van der Waals surface area contributed by atoms with Crippen molar-refractivity contribution in [1.29, 1.82) is 0 Å². The lowest BCUT2D eigenvalue weighted by atomic mass is 9.79. The van der Waals surface area contributed by atoms with Crippen LogP contribution in [0, 0.1) is 23.0 Å². The van der Waals surface area contributed by atoms with Crippen LogP contribution in [0.3, 0.4) is 0 Å². The number of nitrogens with one attached hydrogen (secondary N) is 1. The fraction of sp³-hybridized carbons (Fsp3) is 0.404. The van der Waals surface area contributed by atoms with Gasteiger partial charge < -0.3 is 34.6 Å². The Hall–Kier alpha value is -5.72. The molecule has 2 bridgehead atoms. The van der Waals surface area contributed by atoms with E-state index in [2.05, 4.69) is 10.2 Å². The van der Waals surface area contributed by atoms with Gasteiger partial charge in [0.2, 0.25) is 10.0 Å². The van der Waals surface area contributed by atoms with Gasteiger partial charge in [0.25, 0.3) is 0 Å². The zero-order chi connectivity index (χ0) is 49.8. The Labute approximate surface area is 421 Å². The molecule has 4 aliphatic heterocycles. The fourth-order valence-corrected chi connectivity index (χ4v) is 12.3. The maximum atomic E-state index is 14.9. The number of fused-ring (bicyclic) bond motifs is 3. The molecule has 5 fully saturated rings. The van der Waals surface area contributed by atoms with E-state index in [1.807, 2.05) is 48.5 Å². The molecule has 2 N–H and O–H groups in total. The van der Waals surface area contributed by atoms with Crippen LogP contribution in [0.1, 0.15) is 78.3 Å². The number of carboxylic acid groups (broad SMARTS) is 1. The summed E-state index contributed by atoms with van der Waals surface area (Å²) in [5.41, 5.74) is 3.01. The second-order valence-electron chi connectivity index (χ2n) is 18.8. The number of rotatable bonds is 19. The molecule has 2 unspecified atom stereocenters. The van der Waals surface area contributed by atoms with E-state index < -0.39 is 52.6 Å². The molecule has 0 radical (unpaired) electrons. The summed E-state index contributed by atoms with van der Waals surface area (Å²) in [5.74, 6) is -2.02. The Bertz CT molecular complexity index is 2780. The van der Waals surface area contributed by atoms with Crippen molar-refractivity contribution in [3.8, 4) is 17.2 Å². The number of ether oxygens (including phenoxy) is 4. The van der Waals surface area contributed by atoms with Crippen molar-refractivity contribution in [2.45, 2.75) is 87.2 Å². The molecule has 4 aromatic carbocycles. The number of alkyl carbamates (subject to hydrolysis) is 1. The van der Waals surface area contributed by atoms with Gasteiger partial charge in [-0.3, -0.25) is 9.69 Å². The number of benzene rings is 4. The molecule has 1 aliphatic carbocycles. The Balaban J connectivity index is 0.957. The number of pyridine rings is 1. The van der Waals surface area contributed by atoms with Crippen LogP contribution in [-0.2, 0) is 32.6 Å². The number of carboxylic acids is 1. The molecule has 14 nitrogen and oxygen atoms in total. The summed E-state index contributed by atoms with van der Waals surface area (Å²) < 4.78 is 81.7. The molecule has 71 heavy (non-hydrogen) atoms. The molecule has 5 aliphatic rings. The fourth-order valence-electron chi connectivity index (χ4n) is 10.0. The zero-order valence-electron chi connectivity index (χ0n) is 38.6.